The van der Waals surface area contributed by atoms with Gasteiger partial charge in [-0.3, -0.25) is 9.36 Å². The lowest BCUT2D eigenvalue weighted by atomic mass is 9.95. The summed E-state index contributed by atoms with van der Waals surface area (Å²) >= 11 is 10.3. The van der Waals surface area contributed by atoms with Crippen LogP contribution in [-0.4, -0.2) is 30.9 Å². The third-order valence-corrected chi connectivity index (χ3v) is 9.13. The molecule has 0 saturated heterocycles. The fourth-order valence-corrected chi connectivity index (χ4v) is 6.12. The van der Waals surface area contributed by atoms with Gasteiger partial charge in [-0.25, -0.2) is 9.79 Å². The minimum atomic E-state index is -0.801. The van der Waals surface area contributed by atoms with Gasteiger partial charge in [-0.1, -0.05) is 27.3 Å². The van der Waals surface area contributed by atoms with Crippen molar-refractivity contribution in [3.8, 4) is 11.5 Å². The number of esters is 1. The van der Waals surface area contributed by atoms with Gasteiger partial charge in [0.25, 0.3) is 5.56 Å². The fraction of sp³-hybridized carbons (Fsp3) is 0.292. The summed E-state index contributed by atoms with van der Waals surface area (Å²) in [5, 5.41) is 0. The van der Waals surface area contributed by atoms with Crippen molar-refractivity contribution in [1.82, 2.24) is 4.57 Å². The molecule has 0 fully saturated rings. The van der Waals surface area contributed by atoms with Crippen LogP contribution >= 0.6 is 65.8 Å². The summed E-state index contributed by atoms with van der Waals surface area (Å²) in [5.41, 5.74) is 1.08. The Morgan fingerprint density at radius 2 is 1.97 bits per heavy atom. The first kappa shape index (κ1) is 27.1. The Kier molecular flexibility index (Phi) is 8.47. The summed E-state index contributed by atoms with van der Waals surface area (Å²) in [6.07, 6.45) is 1.67. The van der Waals surface area contributed by atoms with Crippen molar-refractivity contribution in [3.63, 3.8) is 0 Å². The molecule has 1 aliphatic heterocycles. The number of aromatic nitrogens is 1. The lowest BCUT2D eigenvalue weighted by molar-refractivity contribution is -0.139. The van der Waals surface area contributed by atoms with Crippen LogP contribution in [0.5, 0.6) is 11.5 Å². The van der Waals surface area contributed by atoms with E-state index < -0.39 is 12.0 Å². The molecule has 3 heterocycles. The largest absolute Gasteiger partial charge is 0.493 e. The second-order valence-electron chi connectivity index (χ2n) is 7.53. The fourth-order valence-electron chi connectivity index (χ4n) is 3.84. The van der Waals surface area contributed by atoms with E-state index in [9.17, 15) is 9.59 Å². The van der Waals surface area contributed by atoms with E-state index in [1.807, 2.05) is 6.92 Å². The molecular weight excluding hydrogens is 731 g/mol. The van der Waals surface area contributed by atoms with Gasteiger partial charge in [-0.15, -0.1) is 0 Å². The van der Waals surface area contributed by atoms with Crippen molar-refractivity contribution in [2.75, 3.05) is 20.3 Å². The quantitative estimate of drug-likeness (QED) is 0.252. The van der Waals surface area contributed by atoms with E-state index in [0.717, 1.165) is 4.47 Å². The highest BCUT2D eigenvalue weighted by Gasteiger charge is 2.35. The maximum Gasteiger partial charge on any atom is 0.338 e. The summed E-state index contributed by atoms with van der Waals surface area (Å²) < 4.78 is 26.4. The topological polar surface area (TPSA) is 92.3 Å². The van der Waals surface area contributed by atoms with E-state index in [2.05, 4.69) is 59.4 Å². The number of rotatable bonds is 7. The Morgan fingerprint density at radius 1 is 1.22 bits per heavy atom. The molecule has 1 aliphatic rings. The van der Waals surface area contributed by atoms with Gasteiger partial charge >= 0.3 is 5.97 Å². The van der Waals surface area contributed by atoms with Gasteiger partial charge in [0.1, 0.15) is 5.76 Å². The Balaban J connectivity index is 2.00. The molecule has 1 atom stereocenters. The highest BCUT2D eigenvalue weighted by molar-refractivity contribution is 14.1. The van der Waals surface area contributed by atoms with Crippen LogP contribution in [0.15, 0.2) is 52.6 Å². The number of allylic oxidation sites excluding steroid dienone is 1. The number of benzene rings is 1. The second-order valence-corrected chi connectivity index (χ2v) is 11.2. The summed E-state index contributed by atoms with van der Waals surface area (Å²) in [7, 11) is 1.54. The minimum Gasteiger partial charge on any atom is -0.493 e. The molecule has 0 saturated carbocycles. The van der Waals surface area contributed by atoms with Gasteiger partial charge in [0.15, 0.2) is 20.1 Å². The van der Waals surface area contributed by atoms with Crippen molar-refractivity contribution in [2.24, 2.45) is 4.99 Å². The summed E-state index contributed by atoms with van der Waals surface area (Å²) in [5.74, 6) is 1.00. The SMILES string of the molecule is CCOC(=O)C1=C(C)N=c2s/c(=C/c3cc(Br)c(I)o3)c(=O)n2[C@@H]1c1cc(OC)c(OCC)cc1Br. The molecule has 12 heteroatoms. The second kappa shape index (κ2) is 11.2. The molecule has 0 unspecified atom stereocenters. The van der Waals surface area contributed by atoms with Crippen LogP contribution in [0.2, 0.25) is 0 Å². The first-order valence-corrected chi connectivity index (χ1v) is 14.3. The van der Waals surface area contributed by atoms with Gasteiger partial charge in [0.05, 0.1) is 46.6 Å². The van der Waals surface area contributed by atoms with Crippen LogP contribution in [0.1, 0.15) is 38.1 Å². The summed E-state index contributed by atoms with van der Waals surface area (Å²) in [6.45, 7) is 5.99. The summed E-state index contributed by atoms with van der Waals surface area (Å²) in [6, 6.07) is 4.53. The zero-order chi connectivity index (χ0) is 26.1. The number of ether oxygens (including phenoxy) is 3. The van der Waals surface area contributed by atoms with Crippen LogP contribution < -0.4 is 24.4 Å². The molecule has 190 valence electrons. The monoisotopic (exact) mass is 750 g/mol. The lowest BCUT2D eigenvalue weighted by Crippen LogP contribution is -2.40. The molecule has 0 N–H and O–H groups in total. The number of furan rings is 1. The van der Waals surface area contributed by atoms with Crippen molar-refractivity contribution < 1.29 is 23.4 Å². The predicted octanol–water partition coefficient (Wildman–Crippen LogP) is 4.93. The Morgan fingerprint density at radius 3 is 2.58 bits per heavy atom. The van der Waals surface area contributed by atoms with Crippen LogP contribution in [0.4, 0.5) is 0 Å². The highest BCUT2D eigenvalue weighted by Crippen LogP contribution is 2.41. The molecule has 0 aliphatic carbocycles. The van der Waals surface area contributed by atoms with Gasteiger partial charge in [0, 0.05) is 33.1 Å². The predicted molar refractivity (Wildman–Crippen MR) is 151 cm³/mol. The van der Waals surface area contributed by atoms with E-state index >= 15 is 0 Å². The Hall–Kier alpha value is -1.90. The third-order valence-electron chi connectivity index (χ3n) is 5.33. The number of carbonyl (C=O) groups excluding carboxylic acids is 1. The molecule has 0 bridgehead atoms. The standard InChI is InChI=1S/C24H21Br2IN2O6S/c1-5-33-17-10-14(25)13(9-16(17)32-4)20-19(23(31)34-6-2)11(3)28-24-29(20)22(30)18(36-24)8-12-7-15(26)21(27)35-12/h7-10,20H,5-6H2,1-4H3/b18-8+/t20-/m1/s1. The molecule has 0 amide bonds. The van der Waals surface area contributed by atoms with Crippen molar-refractivity contribution in [2.45, 2.75) is 26.8 Å². The molecular formula is C24H21Br2IN2O6S. The smallest absolute Gasteiger partial charge is 0.338 e. The van der Waals surface area contributed by atoms with Gasteiger partial charge in [-0.2, -0.15) is 0 Å². The zero-order valence-electron chi connectivity index (χ0n) is 19.7. The molecule has 3 aromatic rings. The zero-order valence-corrected chi connectivity index (χ0v) is 25.8. The first-order valence-electron chi connectivity index (χ1n) is 10.8. The summed E-state index contributed by atoms with van der Waals surface area (Å²) in [4.78, 5) is 31.9. The van der Waals surface area contributed by atoms with Crippen LogP contribution in [0, 0.1) is 3.77 Å². The van der Waals surface area contributed by atoms with Crippen LogP contribution in [0.3, 0.4) is 0 Å². The maximum atomic E-state index is 13.7. The first-order chi connectivity index (χ1) is 17.2. The van der Waals surface area contributed by atoms with Crippen molar-refractivity contribution >= 4 is 77.8 Å². The van der Waals surface area contributed by atoms with E-state index in [1.54, 1.807) is 38.1 Å². The molecule has 2 aromatic heterocycles. The average molecular weight is 752 g/mol. The Labute approximate surface area is 241 Å². The molecule has 36 heavy (non-hydrogen) atoms. The molecule has 4 rings (SSSR count). The van der Waals surface area contributed by atoms with Crippen molar-refractivity contribution in [1.29, 1.82) is 0 Å². The number of fused-ring (bicyclic) bond motifs is 1. The maximum absolute atomic E-state index is 13.7. The number of methoxy groups -OCH3 is 1. The van der Waals surface area contributed by atoms with E-state index in [-0.39, 0.29) is 17.7 Å². The molecule has 8 nitrogen and oxygen atoms in total. The van der Waals surface area contributed by atoms with Gasteiger partial charge in [0.2, 0.25) is 0 Å². The van der Waals surface area contributed by atoms with E-state index in [1.165, 1.54) is 23.0 Å². The molecule has 0 radical (unpaired) electrons. The number of thiazole rings is 1. The number of carbonyl (C=O) groups is 1. The van der Waals surface area contributed by atoms with Crippen LogP contribution in [0.25, 0.3) is 6.08 Å². The lowest BCUT2D eigenvalue weighted by Gasteiger charge is -2.26. The van der Waals surface area contributed by atoms with E-state index in [0.29, 0.717) is 52.7 Å². The van der Waals surface area contributed by atoms with Gasteiger partial charge in [-0.05, 0) is 60.5 Å². The van der Waals surface area contributed by atoms with E-state index in [4.69, 9.17) is 18.6 Å². The Bertz CT molecular complexity index is 1540. The van der Waals surface area contributed by atoms with Gasteiger partial charge < -0.3 is 18.6 Å². The average Bonchev–Trinajstić information content (AvgIpc) is 3.30. The normalized spacial score (nSPS) is 15.5. The molecule has 0 spiro atoms. The third kappa shape index (κ3) is 5.09. The highest BCUT2D eigenvalue weighted by atomic mass is 127. The number of hydrogen-bond donors (Lipinski definition) is 0. The minimum absolute atomic E-state index is 0.187. The van der Waals surface area contributed by atoms with Crippen molar-refractivity contribution in [3.05, 3.63) is 73.2 Å². The number of halogens is 3. The number of hydrogen-bond acceptors (Lipinski definition) is 8. The van der Waals surface area contributed by atoms with Crippen LogP contribution in [-0.2, 0) is 9.53 Å². The molecule has 1 aromatic carbocycles. The number of nitrogens with zero attached hydrogens (tertiary/aromatic N) is 2.